The van der Waals surface area contributed by atoms with E-state index in [9.17, 15) is 0 Å². The molecule has 0 bridgehead atoms. The maximum absolute atomic E-state index is 3.99. The number of hydrogen-bond acceptors (Lipinski definition) is 0. The molecule has 4 rings (SSSR count). The number of fused-ring (bicyclic) bond motifs is 2. The summed E-state index contributed by atoms with van der Waals surface area (Å²) in [7, 11) is 2.12. The van der Waals surface area contributed by atoms with Crippen molar-refractivity contribution < 1.29 is 0 Å². The van der Waals surface area contributed by atoms with E-state index in [0.717, 1.165) is 6.42 Å². The molecule has 1 atom stereocenters. The van der Waals surface area contributed by atoms with Crippen LogP contribution in [0.2, 0.25) is 0 Å². The normalized spacial score (nSPS) is 12.5. The van der Waals surface area contributed by atoms with E-state index in [2.05, 4.69) is 91.1 Å². The Morgan fingerprint density at radius 2 is 1.71 bits per heavy atom. The smallest absolute Gasteiger partial charge is 0.0480 e. The van der Waals surface area contributed by atoms with E-state index in [4.69, 9.17) is 0 Å². The Bertz CT molecular complexity index is 1020. The molecular formula is C23H21N. The number of allylic oxidation sites excluding steroid dienone is 1. The minimum Gasteiger partial charge on any atom is -0.350 e. The van der Waals surface area contributed by atoms with Crippen LogP contribution in [0.15, 0.2) is 85.6 Å². The number of aromatic nitrogens is 1. The summed E-state index contributed by atoms with van der Waals surface area (Å²) in [5.74, 6) is 0.332. The van der Waals surface area contributed by atoms with E-state index in [1.54, 1.807) is 0 Å². The molecule has 0 amide bonds. The number of rotatable bonds is 4. The number of hydrogen-bond donors (Lipinski definition) is 0. The summed E-state index contributed by atoms with van der Waals surface area (Å²) < 4.78 is 2.22. The van der Waals surface area contributed by atoms with Crippen LogP contribution in [0, 0.1) is 0 Å². The largest absolute Gasteiger partial charge is 0.350 e. The average molecular weight is 311 g/mol. The third-order valence-electron chi connectivity index (χ3n) is 4.88. The maximum Gasteiger partial charge on any atom is 0.0480 e. The van der Waals surface area contributed by atoms with Crippen molar-refractivity contribution in [2.45, 2.75) is 12.3 Å². The van der Waals surface area contributed by atoms with E-state index in [0.29, 0.717) is 5.92 Å². The lowest BCUT2D eigenvalue weighted by molar-refractivity contribution is 0.828. The molecule has 1 unspecified atom stereocenters. The van der Waals surface area contributed by atoms with E-state index in [1.165, 1.54) is 32.8 Å². The third kappa shape index (κ3) is 2.43. The summed E-state index contributed by atoms with van der Waals surface area (Å²) in [5.41, 5.74) is 4.01. The standard InChI is InChI=1S/C23H21N/c1-3-8-20(19-14-13-17-9-4-5-10-18(17)15-19)22-16-24(2)23-12-7-6-11-21(22)23/h3-7,9-16,20H,1,8H2,2H3. The van der Waals surface area contributed by atoms with E-state index in [1.807, 2.05) is 6.08 Å². The first-order chi connectivity index (χ1) is 11.8. The van der Waals surface area contributed by atoms with Crippen LogP contribution >= 0.6 is 0 Å². The lowest BCUT2D eigenvalue weighted by Gasteiger charge is -2.16. The van der Waals surface area contributed by atoms with Crippen LogP contribution in [0.4, 0.5) is 0 Å². The van der Waals surface area contributed by atoms with Crippen molar-refractivity contribution >= 4 is 21.7 Å². The third-order valence-corrected chi connectivity index (χ3v) is 4.88. The fourth-order valence-corrected chi connectivity index (χ4v) is 3.68. The van der Waals surface area contributed by atoms with Gasteiger partial charge in [0.15, 0.2) is 0 Å². The molecule has 24 heavy (non-hydrogen) atoms. The van der Waals surface area contributed by atoms with E-state index in [-0.39, 0.29) is 0 Å². The molecule has 4 aromatic rings. The highest BCUT2D eigenvalue weighted by Gasteiger charge is 2.18. The van der Waals surface area contributed by atoms with Gasteiger partial charge in [-0.05, 0) is 34.4 Å². The molecular weight excluding hydrogens is 290 g/mol. The lowest BCUT2D eigenvalue weighted by atomic mass is 9.87. The Labute approximate surface area is 142 Å². The Kier molecular flexibility index (Phi) is 3.70. The minimum atomic E-state index is 0.332. The van der Waals surface area contributed by atoms with Gasteiger partial charge in [0.05, 0.1) is 0 Å². The highest BCUT2D eigenvalue weighted by atomic mass is 14.9. The van der Waals surface area contributed by atoms with Gasteiger partial charge < -0.3 is 4.57 Å². The predicted octanol–water partition coefficient (Wildman–Crippen LogP) is 6.04. The second kappa shape index (κ2) is 6.01. The van der Waals surface area contributed by atoms with Crippen molar-refractivity contribution in [2.75, 3.05) is 0 Å². The average Bonchev–Trinajstić information content (AvgIpc) is 2.96. The zero-order valence-electron chi connectivity index (χ0n) is 13.9. The summed E-state index contributed by atoms with van der Waals surface area (Å²) in [6.07, 6.45) is 5.24. The second-order valence-corrected chi connectivity index (χ2v) is 6.40. The number of benzene rings is 3. The summed E-state index contributed by atoms with van der Waals surface area (Å²) >= 11 is 0. The van der Waals surface area contributed by atoms with E-state index < -0.39 is 0 Å². The highest BCUT2D eigenvalue weighted by Crippen LogP contribution is 2.35. The van der Waals surface area contributed by atoms with Gasteiger partial charge in [-0.15, -0.1) is 6.58 Å². The Hall–Kier alpha value is -2.80. The first-order valence-corrected chi connectivity index (χ1v) is 8.41. The molecule has 0 aliphatic rings. The molecule has 0 N–H and O–H groups in total. The quantitative estimate of drug-likeness (QED) is 0.405. The summed E-state index contributed by atoms with van der Waals surface area (Å²) in [6.45, 7) is 3.99. The summed E-state index contributed by atoms with van der Waals surface area (Å²) in [6, 6.07) is 24.0. The summed E-state index contributed by atoms with van der Waals surface area (Å²) in [5, 5.41) is 3.92. The Balaban J connectivity index is 1.90. The van der Waals surface area contributed by atoms with Crippen LogP contribution in [-0.2, 0) is 7.05 Å². The second-order valence-electron chi connectivity index (χ2n) is 6.40. The van der Waals surface area contributed by atoms with Gasteiger partial charge in [0.1, 0.15) is 0 Å². The fourth-order valence-electron chi connectivity index (χ4n) is 3.68. The molecule has 3 aromatic carbocycles. The van der Waals surface area contributed by atoms with Crippen LogP contribution < -0.4 is 0 Å². The van der Waals surface area contributed by atoms with Gasteiger partial charge in [0, 0.05) is 30.1 Å². The molecule has 1 heterocycles. The fraction of sp³-hybridized carbons (Fsp3) is 0.130. The monoisotopic (exact) mass is 311 g/mol. The molecule has 0 aliphatic carbocycles. The molecule has 0 saturated carbocycles. The van der Waals surface area contributed by atoms with Crippen molar-refractivity contribution in [3.8, 4) is 0 Å². The van der Waals surface area contributed by atoms with E-state index >= 15 is 0 Å². The van der Waals surface area contributed by atoms with Gasteiger partial charge in [0.2, 0.25) is 0 Å². The Morgan fingerprint density at radius 3 is 2.54 bits per heavy atom. The van der Waals surface area contributed by atoms with Crippen LogP contribution in [0.5, 0.6) is 0 Å². The molecule has 0 saturated heterocycles. The molecule has 0 spiro atoms. The molecule has 1 aromatic heterocycles. The molecule has 1 heteroatoms. The van der Waals surface area contributed by atoms with Crippen LogP contribution in [0.25, 0.3) is 21.7 Å². The zero-order chi connectivity index (χ0) is 16.5. The van der Waals surface area contributed by atoms with Gasteiger partial charge in [-0.1, -0.05) is 66.7 Å². The van der Waals surface area contributed by atoms with Crippen molar-refractivity contribution in [3.63, 3.8) is 0 Å². The first-order valence-electron chi connectivity index (χ1n) is 8.41. The topological polar surface area (TPSA) is 4.93 Å². The molecule has 118 valence electrons. The van der Waals surface area contributed by atoms with Crippen LogP contribution in [0.3, 0.4) is 0 Å². The first kappa shape index (κ1) is 14.8. The molecule has 1 nitrogen and oxygen atoms in total. The number of para-hydroxylation sites is 1. The van der Waals surface area contributed by atoms with Crippen LogP contribution in [0.1, 0.15) is 23.5 Å². The van der Waals surface area contributed by atoms with Gasteiger partial charge >= 0.3 is 0 Å². The van der Waals surface area contributed by atoms with Crippen molar-refractivity contribution in [3.05, 3.63) is 96.7 Å². The van der Waals surface area contributed by atoms with Gasteiger partial charge in [0.25, 0.3) is 0 Å². The number of aryl methyl sites for hydroxylation is 1. The number of nitrogens with zero attached hydrogens (tertiary/aromatic N) is 1. The maximum atomic E-state index is 3.99. The van der Waals surface area contributed by atoms with Gasteiger partial charge in [-0.25, -0.2) is 0 Å². The minimum absolute atomic E-state index is 0.332. The van der Waals surface area contributed by atoms with Crippen molar-refractivity contribution in [2.24, 2.45) is 7.05 Å². The Morgan fingerprint density at radius 1 is 0.958 bits per heavy atom. The molecule has 0 radical (unpaired) electrons. The molecule has 0 fully saturated rings. The lowest BCUT2D eigenvalue weighted by Crippen LogP contribution is -1.99. The molecule has 0 aliphatic heterocycles. The van der Waals surface area contributed by atoms with Crippen molar-refractivity contribution in [1.82, 2.24) is 4.57 Å². The highest BCUT2D eigenvalue weighted by molar-refractivity contribution is 5.86. The van der Waals surface area contributed by atoms with Crippen molar-refractivity contribution in [1.29, 1.82) is 0 Å². The van der Waals surface area contributed by atoms with Gasteiger partial charge in [-0.3, -0.25) is 0 Å². The predicted molar refractivity (Wildman–Crippen MR) is 104 cm³/mol. The van der Waals surface area contributed by atoms with Gasteiger partial charge in [-0.2, -0.15) is 0 Å². The van der Waals surface area contributed by atoms with Crippen LogP contribution in [-0.4, -0.2) is 4.57 Å². The zero-order valence-corrected chi connectivity index (χ0v) is 13.9. The summed E-state index contributed by atoms with van der Waals surface area (Å²) in [4.78, 5) is 0. The SMILES string of the molecule is C=CCC(c1ccc2ccccc2c1)c1cn(C)c2ccccc12.